The summed E-state index contributed by atoms with van der Waals surface area (Å²) < 4.78 is 4.97. The van der Waals surface area contributed by atoms with Crippen molar-refractivity contribution in [2.45, 2.75) is 43.7 Å². The number of piperidine rings is 1. The van der Waals surface area contributed by atoms with Crippen molar-refractivity contribution in [2.75, 3.05) is 38.7 Å². The molecule has 0 amide bonds. The summed E-state index contributed by atoms with van der Waals surface area (Å²) in [7, 11) is 1.62. The van der Waals surface area contributed by atoms with E-state index in [-0.39, 0.29) is 6.10 Å². The Hall–Kier alpha value is -0.760. The van der Waals surface area contributed by atoms with Crippen LogP contribution in [0, 0.1) is 0 Å². The summed E-state index contributed by atoms with van der Waals surface area (Å²) in [5, 5.41) is 24.0. The maximum atomic E-state index is 9.76. The van der Waals surface area contributed by atoms with Crippen molar-refractivity contribution in [3.8, 4) is 0 Å². The fourth-order valence-corrected chi connectivity index (χ4v) is 3.76. The van der Waals surface area contributed by atoms with Gasteiger partial charge in [-0.25, -0.2) is 0 Å². The van der Waals surface area contributed by atoms with Gasteiger partial charge < -0.3 is 20.1 Å². The number of hydrogen-bond acceptors (Lipinski definition) is 7. The van der Waals surface area contributed by atoms with Crippen molar-refractivity contribution in [1.82, 2.24) is 15.1 Å². The van der Waals surface area contributed by atoms with Gasteiger partial charge in [-0.1, -0.05) is 11.3 Å². The van der Waals surface area contributed by atoms with E-state index in [1.807, 2.05) is 0 Å². The van der Waals surface area contributed by atoms with Crippen LogP contribution in [0.25, 0.3) is 0 Å². The smallest absolute Gasteiger partial charge is 0.205 e. The van der Waals surface area contributed by atoms with Crippen LogP contribution in [0.15, 0.2) is 0 Å². The molecule has 0 bridgehead atoms. The SMILES string of the molecule is COCC(O)CN1CCC(Nc2nnc(C3CC3)s2)CC1. The average Bonchev–Trinajstić information content (AvgIpc) is 3.22. The van der Waals surface area contributed by atoms with E-state index >= 15 is 0 Å². The Balaban J connectivity index is 1.40. The number of likely N-dealkylation sites (tertiary alicyclic amines) is 1. The third-order valence-corrected chi connectivity index (χ3v) is 5.13. The van der Waals surface area contributed by atoms with Crippen LogP contribution in [0.5, 0.6) is 0 Å². The van der Waals surface area contributed by atoms with Crippen molar-refractivity contribution in [3.05, 3.63) is 5.01 Å². The fourth-order valence-electron chi connectivity index (χ4n) is 2.77. The third kappa shape index (κ3) is 4.35. The van der Waals surface area contributed by atoms with Crippen LogP contribution in [0.2, 0.25) is 0 Å². The lowest BCUT2D eigenvalue weighted by Crippen LogP contribution is -2.43. The predicted molar refractivity (Wildman–Crippen MR) is 82.9 cm³/mol. The summed E-state index contributed by atoms with van der Waals surface area (Å²) >= 11 is 1.71. The third-order valence-electron chi connectivity index (χ3n) is 4.11. The van der Waals surface area contributed by atoms with Gasteiger partial charge in [-0.15, -0.1) is 10.2 Å². The molecule has 1 atom stereocenters. The second kappa shape index (κ2) is 7.00. The summed E-state index contributed by atoms with van der Waals surface area (Å²) in [4.78, 5) is 2.30. The average molecular weight is 312 g/mol. The van der Waals surface area contributed by atoms with Gasteiger partial charge in [-0.05, 0) is 25.7 Å². The first-order valence-electron chi connectivity index (χ1n) is 7.74. The molecule has 1 aromatic heterocycles. The lowest BCUT2D eigenvalue weighted by atomic mass is 10.1. The van der Waals surface area contributed by atoms with Crippen LogP contribution in [0.3, 0.4) is 0 Å². The molecule has 1 saturated heterocycles. The molecule has 1 unspecified atom stereocenters. The standard InChI is InChI=1S/C14H24N4O2S/c1-20-9-12(19)8-18-6-4-11(5-7-18)15-14-17-16-13(21-14)10-2-3-10/h10-12,19H,2-9H2,1H3,(H,15,17). The second-order valence-electron chi connectivity index (χ2n) is 6.05. The molecular formula is C14H24N4O2S. The highest BCUT2D eigenvalue weighted by Gasteiger charge is 2.28. The molecule has 7 heteroatoms. The molecule has 0 radical (unpaired) electrons. The number of nitrogens with one attached hydrogen (secondary N) is 1. The Morgan fingerprint density at radius 3 is 2.76 bits per heavy atom. The molecule has 2 N–H and O–H groups in total. The van der Waals surface area contributed by atoms with Gasteiger partial charge in [0.05, 0.1) is 12.7 Å². The fraction of sp³-hybridized carbons (Fsp3) is 0.857. The zero-order chi connectivity index (χ0) is 14.7. The van der Waals surface area contributed by atoms with Gasteiger partial charge in [0.25, 0.3) is 0 Å². The first-order chi connectivity index (χ1) is 10.2. The number of anilines is 1. The van der Waals surface area contributed by atoms with E-state index < -0.39 is 0 Å². The first kappa shape index (κ1) is 15.1. The Morgan fingerprint density at radius 2 is 2.10 bits per heavy atom. The molecular weight excluding hydrogens is 288 g/mol. The van der Waals surface area contributed by atoms with E-state index in [0.717, 1.165) is 31.1 Å². The van der Waals surface area contributed by atoms with Crippen molar-refractivity contribution in [3.63, 3.8) is 0 Å². The van der Waals surface area contributed by atoms with Gasteiger partial charge in [0, 0.05) is 38.7 Å². The van der Waals surface area contributed by atoms with E-state index in [4.69, 9.17) is 4.74 Å². The van der Waals surface area contributed by atoms with Gasteiger partial charge in [-0.3, -0.25) is 0 Å². The molecule has 0 spiro atoms. The number of aliphatic hydroxyl groups excluding tert-OH is 1. The molecule has 2 fully saturated rings. The number of β-amino-alcohol motifs (C(OH)–C–C–N with tert-alkyl or cyclic N) is 1. The second-order valence-corrected chi connectivity index (χ2v) is 7.06. The van der Waals surface area contributed by atoms with Crippen LogP contribution >= 0.6 is 11.3 Å². The van der Waals surface area contributed by atoms with Crippen LogP contribution in [-0.2, 0) is 4.74 Å². The molecule has 2 heterocycles. The van der Waals surface area contributed by atoms with Gasteiger partial charge in [0.15, 0.2) is 0 Å². The molecule has 21 heavy (non-hydrogen) atoms. The van der Waals surface area contributed by atoms with Crippen LogP contribution < -0.4 is 5.32 Å². The molecule has 0 aromatic carbocycles. The summed E-state index contributed by atoms with van der Waals surface area (Å²) in [5.41, 5.74) is 0. The molecule has 3 rings (SSSR count). The van der Waals surface area contributed by atoms with E-state index in [0.29, 0.717) is 25.1 Å². The lowest BCUT2D eigenvalue weighted by molar-refractivity contribution is 0.0327. The van der Waals surface area contributed by atoms with Crippen molar-refractivity contribution < 1.29 is 9.84 Å². The Kier molecular flexibility index (Phi) is 5.05. The number of methoxy groups -OCH3 is 1. The first-order valence-corrected chi connectivity index (χ1v) is 8.55. The maximum absolute atomic E-state index is 9.76. The van der Waals surface area contributed by atoms with Crippen molar-refractivity contribution in [2.24, 2.45) is 0 Å². The minimum Gasteiger partial charge on any atom is -0.389 e. The van der Waals surface area contributed by atoms with E-state index in [1.165, 1.54) is 17.8 Å². The largest absolute Gasteiger partial charge is 0.389 e. The Labute approximate surface area is 129 Å². The highest BCUT2D eigenvalue weighted by atomic mass is 32.1. The van der Waals surface area contributed by atoms with Crippen molar-refractivity contribution in [1.29, 1.82) is 0 Å². The van der Waals surface area contributed by atoms with E-state index in [2.05, 4.69) is 20.4 Å². The number of aromatic nitrogens is 2. The molecule has 118 valence electrons. The normalized spacial score (nSPS) is 22.4. The summed E-state index contributed by atoms with van der Waals surface area (Å²) in [5.74, 6) is 0.683. The van der Waals surface area contributed by atoms with E-state index in [9.17, 15) is 5.11 Å². The maximum Gasteiger partial charge on any atom is 0.205 e. The Morgan fingerprint density at radius 1 is 1.33 bits per heavy atom. The number of hydrogen-bond donors (Lipinski definition) is 2. The molecule has 1 saturated carbocycles. The van der Waals surface area contributed by atoms with E-state index in [1.54, 1.807) is 18.4 Å². The Bertz CT molecular complexity index is 444. The zero-order valence-corrected chi connectivity index (χ0v) is 13.3. The van der Waals surface area contributed by atoms with Gasteiger partial charge in [0.2, 0.25) is 5.13 Å². The topological polar surface area (TPSA) is 70.5 Å². The molecule has 1 aliphatic heterocycles. The summed E-state index contributed by atoms with van der Waals surface area (Å²) in [6.45, 7) is 3.12. The molecule has 6 nitrogen and oxygen atoms in total. The predicted octanol–water partition coefficient (Wildman–Crippen LogP) is 1.30. The van der Waals surface area contributed by atoms with Crippen molar-refractivity contribution >= 4 is 16.5 Å². The minimum atomic E-state index is -0.385. The molecule has 2 aliphatic rings. The summed E-state index contributed by atoms with van der Waals surface area (Å²) in [6.07, 6.45) is 4.33. The molecule has 1 aromatic rings. The number of aliphatic hydroxyl groups is 1. The highest BCUT2D eigenvalue weighted by molar-refractivity contribution is 7.15. The minimum absolute atomic E-state index is 0.385. The van der Waals surface area contributed by atoms with Crippen LogP contribution in [0.4, 0.5) is 5.13 Å². The number of ether oxygens (including phenoxy) is 1. The van der Waals surface area contributed by atoms with Gasteiger partial charge in [0.1, 0.15) is 5.01 Å². The lowest BCUT2D eigenvalue weighted by Gasteiger charge is -2.33. The van der Waals surface area contributed by atoms with Crippen LogP contribution in [-0.4, -0.2) is 65.7 Å². The number of rotatable bonds is 7. The quantitative estimate of drug-likeness (QED) is 0.791. The zero-order valence-electron chi connectivity index (χ0n) is 12.5. The number of nitrogens with zero attached hydrogens (tertiary/aromatic N) is 3. The van der Waals surface area contributed by atoms with Gasteiger partial charge in [-0.2, -0.15) is 0 Å². The molecule has 1 aliphatic carbocycles. The van der Waals surface area contributed by atoms with Crippen LogP contribution in [0.1, 0.15) is 36.6 Å². The van der Waals surface area contributed by atoms with Gasteiger partial charge >= 0.3 is 0 Å². The monoisotopic (exact) mass is 312 g/mol. The highest BCUT2D eigenvalue weighted by Crippen LogP contribution is 2.42. The summed E-state index contributed by atoms with van der Waals surface area (Å²) in [6, 6.07) is 0.473.